The van der Waals surface area contributed by atoms with Gasteiger partial charge in [0.1, 0.15) is 0 Å². The Bertz CT molecular complexity index is 677. The molecule has 0 bridgehead atoms. The summed E-state index contributed by atoms with van der Waals surface area (Å²) in [6, 6.07) is 8.77. The quantitative estimate of drug-likeness (QED) is 0.688. The van der Waals surface area contributed by atoms with Gasteiger partial charge >= 0.3 is 0 Å². The number of halogens is 4. The minimum absolute atomic E-state index is 0.131. The largest absolute Gasteiger partial charge is 0.250 e. The summed E-state index contributed by atoms with van der Waals surface area (Å²) in [5.41, 5.74) is 1.74. The maximum absolute atomic E-state index is 8.73. The first kappa shape index (κ1) is 14.4. The minimum atomic E-state index is 0.131. The number of rotatable bonds is 2. The van der Waals surface area contributed by atoms with Crippen LogP contribution in [0.15, 0.2) is 24.3 Å². The summed E-state index contributed by atoms with van der Waals surface area (Å²) in [6.07, 6.45) is 0.131. The van der Waals surface area contributed by atoms with Crippen LogP contribution in [0, 0.1) is 11.3 Å². The molecule has 0 aliphatic heterocycles. The monoisotopic (exact) mass is 330 g/mol. The molecule has 0 atom stereocenters. The number of nitriles is 1. The maximum atomic E-state index is 8.73. The van der Waals surface area contributed by atoms with Gasteiger partial charge in [-0.1, -0.05) is 46.4 Å². The van der Waals surface area contributed by atoms with Crippen LogP contribution in [0.4, 0.5) is 0 Å². The van der Waals surface area contributed by atoms with Crippen LogP contribution >= 0.6 is 46.4 Å². The van der Waals surface area contributed by atoms with E-state index in [1.54, 1.807) is 24.3 Å². The highest BCUT2D eigenvalue weighted by molar-refractivity contribution is 6.49. The van der Waals surface area contributed by atoms with Crippen molar-refractivity contribution in [2.45, 2.75) is 6.42 Å². The fourth-order valence-corrected chi connectivity index (χ4v) is 2.36. The van der Waals surface area contributed by atoms with Gasteiger partial charge in [-0.25, -0.2) is 0 Å². The van der Waals surface area contributed by atoms with E-state index in [1.807, 2.05) is 6.07 Å². The number of hydrogen-bond acceptors (Lipinski definition) is 2. The molecule has 0 aliphatic rings. The lowest BCUT2D eigenvalue weighted by atomic mass is 10.1. The van der Waals surface area contributed by atoms with Gasteiger partial charge in [0.15, 0.2) is 0 Å². The van der Waals surface area contributed by atoms with E-state index >= 15 is 0 Å². The molecule has 1 aromatic carbocycles. The predicted octanol–water partition coefficient (Wildman–Crippen LogP) is 5.43. The molecule has 0 amide bonds. The molecule has 1 heterocycles. The van der Waals surface area contributed by atoms with E-state index in [2.05, 4.69) is 4.98 Å². The summed E-state index contributed by atoms with van der Waals surface area (Å²) in [4.78, 5) is 4.32. The van der Waals surface area contributed by atoms with Crippen LogP contribution in [-0.2, 0) is 6.42 Å². The first-order valence-corrected chi connectivity index (χ1v) is 6.72. The lowest BCUT2D eigenvalue weighted by molar-refractivity contribution is 1.12. The molecular weight excluding hydrogens is 326 g/mol. The summed E-state index contributed by atoms with van der Waals surface area (Å²) in [5.74, 6) is 0. The maximum Gasteiger partial charge on any atom is 0.0790 e. The molecule has 2 nitrogen and oxygen atoms in total. The smallest absolute Gasteiger partial charge is 0.0790 e. The molecular formula is C13H6Cl4N2. The molecule has 2 rings (SSSR count). The van der Waals surface area contributed by atoms with Crippen molar-refractivity contribution in [2.75, 3.05) is 0 Å². The zero-order chi connectivity index (χ0) is 14.0. The van der Waals surface area contributed by atoms with E-state index in [9.17, 15) is 0 Å². The first-order chi connectivity index (χ1) is 9.04. The molecule has 0 unspecified atom stereocenters. The molecule has 6 heteroatoms. The third kappa shape index (κ3) is 2.96. The number of pyridine rings is 1. The van der Waals surface area contributed by atoms with Crippen LogP contribution in [0.3, 0.4) is 0 Å². The molecule has 96 valence electrons. The van der Waals surface area contributed by atoms with E-state index in [0.29, 0.717) is 32.0 Å². The van der Waals surface area contributed by atoms with Crippen molar-refractivity contribution >= 4 is 46.4 Å². The van der Waals surface area contributed by atoms with Gasteiger partial charge < -0.3 is 0 Å². The molecule has 2 aromatic rings. The Morgan fingerprint density at radius 1 is 0.947 bits per heavy atom. The Hall–Kier alpha value is -0.980. The molecule has 0 saturated heterocycles. The summed E-state index contributed by atoms with van der Waals surface area (Å²) in [7, 11) is 0. The standard InChI is InChI=1S/C13H6Cl4N2/c14-8-3-4-10(19-11(8)5-6-18)7-1-2-9(15)13(17)12(7)16/h1-4H,5H2. The van der Waals surface area contributed by atoms with Crippen LogP contribution in [0.1, 0.15) is 5.69 Å². The van der Waals surface area contributed by atoms with Gasteiger partial charge in [-0.3, -0.25) is 4.98 Å². The predicted molar refractivity (Wildman–Crippen MR) is 79.0 cm³/mol. The average Bonchev–Trinajstić information content (AvgIpc) is 2.39. The van der Waals surface area contributed by atoms with Crippen molar-refractivity contribution in [2.24, 2.45) is 0 Å². The van der Waals surface area contributed by atoms with Crippen molar-refractivity contribution < 1.29 is 0 Å². The molecule has 0 saturated carbocycles. The lowest BCUT2D eigenvalue weighted by Crippen LogP contribution is -1.93. The average molecular weight is 332 g/mol. The number of nitrogens with zero attached hydrogens (tertiary/aromatic N) is 2. The van der Waals surface area contributed by atoms with Crippen molar-refractivity contribution in [1.29, 1.82) is 5.26 Å². The Morgan fingerprint density at radius 2 is 1.63 bits per heavy atom. The second-order valence-electron chi connectivity index (χ2n) is 3.68. The number of aromatic nitrogens is 1. The van der Waals surface area contributed by atoms with Crippen LogP contribution in [-0.4, -0.2) is 4.98 Å². The van der Waals surface area contributed by atoms with E-state index in [0.717, 1.165) is 0 Å². The van der Waals surface area contributed by atoms with E-state index in [4.69, 9.17) is 51.7 Å². The van der Waals surface area contributed by atoms with Crippen LogP contribution < -0.4 is 0 Å². The topological polar surface area (TPSA) is 36.7 Å². The summed E-state index contributed by atoms with van der Waals surface area (Å²) < 4.78 is 0. The molecule has 0 spiro atoms. The summed E-state index contributed by atoms with van der Waals surface area (Å²) in [6.45, 7) is 0. The van der Waals surface area contributed by atoms with Gasteiger partial charge in [-0.15, -0.1) is 0 Å². The SMILES string of the molecule is N#CCc1nc(-c2ccc(Cl)c(Cl)c2Cl)ccc1Cl. The van der Waals surface area contributed by atoms with Crippen molar-refractivity contribution in [3.8, 4) is 17.3 Å². The van der Waals surface area contributed by atoms with Crippen LogP contribution in [0.25, 0.3) is 11.3 Å². The molecule has 1 aromatic heterocycles. The Labute approximate surface area is 130 Å². The van der Waals surface area contributed by atoms with Crippen molar-refractivity contribution in [3.63, 3.8) is 0 Å². The van der Waals surface area contributed by atoms with Gasteiger partial charge in [0.2, 0.25) is 0 Å². The third-order valence-corrected chi connectivity index (χ3v) is 4.11. The van der Waals surface area contributed by atoms with Crippen molar-refractivity contribution in [1.82, 2.24) is 4.98 Å². The number of benzene rings is 1. The Kier molecular flexibility index (Phi) is 4.54. The van der Waals surface area contributed by atoms with Gasteiger partial charge in [-0.05, 0) is 24.3 Å². The fourth-order valence-electron chi connectivity index (χ4n) is 1.56. The molecule has 0 N–H and O–H groups in total. The Morgan fingerprint density at radius 3 is 2.32 bits per heavy atom. The lowest BCUT2D eigenvalue weighted by Gasteiger charge is -2.08. The second kappa shape index (κ2) is 5.98. The van der Waals surface area contributed by atoms with Gasteiger partial charge in [0.05, 0.1) is 44.0 Å². The van der Waals surface area contributed by atoms with E-state index < -0.39 is 0 Å². The van der Waals surface area contributed by atoms with E-state index in [1.165, 1.54) is 0 Å². The molecule has 0 aliphatic carbocycles. The zero-order valence-corrected chi connectivity index (χ0v) is 12.4. The van der Waals surface area contributed by atoms with Gasteiger partial charge in [0, 0.05) is 5.56 Å². The van der Waals surface area contributed by atoms with Gasteiger partial charge in [0.25, 0.3) is 0 Å². The van der Waals surface area contributed by atoms with Crippen LogP contribution in [0.2, 0.25) is 20.1 Å². The Balaban J connectivity index is 2.57. The van der Waals surface area contributed by atoms with Crippen LogP contribution in [0.5, 0.6) is 0 Å². The highest BCUT2D eigenvalue weighted by Gasteiger charge is 2.13. The van der Waals surface area contributed by atoms with E-state index in [-0.39, 0.29) is 11.4 Å². The molecule has 0 fully saturated rings. The zero-order valence-electron chi connectivity index (χ0n) is 9.42. The fraction of sp³-hybridized carbons (Fsp3) is 0.0769. The minimum Gasteiger partial charge on any atom is -0.250 e. The summed E-state index contributed by atoms with van der Waals surface area (Å²) >= 11 is 24.0. The molecule has 19 heavy (non-hydrogen) atoms. The molecule has 0 radical (unpaired) electrons. The summed E-state index contributed by atoms with van der Waals surface area (Å²) in [5, 5.41) is 10.2. The van der Waals surface area contributed by atoms with Gasteiger partial charge in [-0.2, -0.15) is 5.26 Å². The third-order valence-electron chi connectivity index (χ3n) is 2.48. The normalized spacial score (nSPS) is 10.3. The van der Waals surface area contributed by atoms with Crippen molar-refractivity contribution in [3.05, 3.63) is 50.0 Å². The highest BCUT2D eigenvalue weighted by Crippen LogP contribution is 2.37. The first-order valence-electron chi connectivity index (χ1n) is 5.21. The number of hydrogen-bond donors (Lipinski definition) is 0. The second-order valence-corrected chi connectivity index (χ2v) is 5.25. The highest BCUT2D eigenvalue weighted by atomic mass is 35.5.